The second kappa shape index (κ2) is 5.19. The second-order valence-electron chi connectivity index (χ2n) is 4.14. The van der Waals surface area contributed by atoms with Gasteiger partial charge in [0.05, 0.1) is 9.95 Å². The van der Waals surface area contributed by atoms with Crippen molar-refractivity contribution in [3.05, 3.63) is 74.3 Å². The molecule has 0 fully saturated rings. The maximum atomic E-state index is 10.7. The minimum atomic E-state index is -0.425. The Morgan fingerprint density at radius 1 is 1.22 bits per heavy atom. The fourth-order valence-corrected chi connectivity index (χ4v) is 2.21. The van der Waals surface area contributed by atoms with Gasteiger partial charge >= 0.3 is 0 Å². The van der Waals surface area contributed by atoms with E-state index in [9.17, 15) is 10.1 Å². The van der Waals surface area contributed by atoms with Crippen molar-refractivity contribution in [3.63, 3.8) is 0 Å². The molecule has 0 spiro atoms. The minimum Gasteiger partial charge on any atom is -0.258 e. The Hall–Kier alpha value is -1.87. The van der Waals surface area contributed by atoms with Crippen LogP contribution in [0.5, 0.6) is 0 Å². The van der Waals surface area contributed by atoms with Gasteiger partial charge in [0, 0.05) is 12.1 Å². The van der Waals surface area contributed by atoms with Crippen LogP contribution in [0.15, 0.2) is 42.5 Å². The lowest BCUT2D eigenvalue weighted by atomic mass is 10.00. The van der Waals surface area contributed by atoms with E-state index in [0.29, 0.717) is 11.4 Å². The zero-order chi connectivity index (χ0) is 13.1. The Morgan fingerprint density at radius 2 is 1.89 bits per heavy atom. The third kappa shape index (κ3) is 2.68. The van der Waals surface area contributed by atoms with Crippen molar-refractivity contribution in [2.24, 2.45) is 0 Å². The van der Waals surface area contributed by atoms with E-state index in [1.54, 1.807) is 6.07 Å². The molecule has 0 aliphatic rings. The number of hydrogen-bond acceptors (Lipinski definition) is 2. The molecule has 0 aliphatic carbocycles. The van der Waals surface area contributed by atoms with E-state index >= 15 is 0 Å². The Balaban J connectivity index is 2.37. The van der Waals surface area contributed by atoms with Crippen LogP contribution in [0.1, 0.15) is 16.7 Å². The number of benzene rings is 2. The first kappa shape index (κ1) is 12.6. The molecule has 0 bridgehead atoms. The summed E-state index contributed by atoms with van der Waals surface area (Å²) in [5.41, 5.74) is 2.96. The molecule has 92 valence electrons. The summed E-state index contributed by atoms with van der Waals surface area (Å²) in [6, 6.07) is 12.9. The van der Waals surface area contributed by atoms with Crippen LogP contribution in [0.2, 0.25) is 5.02 Å². The summed E-state index contributed by atoms with van der Waals surface area (Å²) in [6.07, 6.45) is 0.684. The van der Waals surface area contributed by atoms with Crippen LogP contribution >= 0.6 is 11.6 Å². The number of rotatable bonds is 3. The largest absolute Gasteiger partial charge is 0.271 e. The van der Waals surface area contributed by atoms with E-state index in [-0.39, 0.29) is 5.69 Å². The van der Waals surface area contributed by atoms with Crippen LogP contribution in [-0.2, 0) is 6.42 Å². The fourth-order valence-electron chi connectivity index (χ4n) is 1.89. The second-order valence-corrected chi connectivity index (χ2v) is 4.55. The molecule has 0 radical (unpaired) electrons. The molecule has 0 unspecified atom stereocenters. The third-order valence-electron chi connectivity index (χ3n) is 2.84. The van der Waals surface area contributed by atoms with E-state index in [4.69, 9.17) is 11.6 Å². The van der Waals surface area contributed by atoms with E-state index < -0.39 is 4.92 Å². The zero-order valence-electron chi connectivity index (χ0n) is 9.89. The Labute approximate surface area is 110 Å². The lowest BCUT2D eigenvalue weighted by molar-refractivity contribution is -0.384. The van der Waals surface area contributed by atoms with Gasteiger partial charge in [0.15, 0.2) is 0 Å². The maximum Gasteiger partial charge on any atom is 0.271 e. The van der Waals surface area contributed by atoms with Crippen LogP contribution < -0.4 is 0 Å². The summed E-state index contributed by atoms with van der Waals surface area (Å²) in [5, 5.41) is 11.2. The molecule has 0 aliphatic heterocycles. The lowest BCUT2D eigenvalue weighted by Gasteiger charge is -2.08. The summed E-state index contributed by atoms with van der Waals surface area (Å²) >= 11 is 6.12. The van der Waals surface area contributed by atoms with Gasteiger partial charge in [0.1, 0.15) is 0 Å². The molecule has 0 amide bonds. The average molecular weight is 262 g/mol. The van der Waals surface area contributed by atoms with Gasteiger partial charge in [-0.25, -0.2) is 0 Å². The van der Waals surface area contributed by atoms with Crippen molar-refractivity contribution in [2.45, 2.75) is 13.3 Å². The van der Waals surface area contributed by atoms with Gasteiger partial charge < -0.3 is 0 Å². The fraction of sp³-hybridized carbons (Fsp3) is 0.143. The molecule has 18 heavy (non-hydrogen) atoms. The SMILES string of the molecule is Cc1cc([N+](=O)[O-])cc(Cl)c1Cc1ccccc1. The molecular weight excluding hydrogens is 250 g/mol. The van der Waals surface area contributed by atoms with Crippen molar-refractivity contribution in [2.75, 3.05) is 0 Å². The van der Waals surface area contributed by atoms with E-state index in [1.165, 1.54) is 6.07 Å². The third-order valence-corrected chi connectivity index (χ3v) is 3.18. The van der Waals surface area contributed by atoms with Crippen LogP contribution in [0, 0.1) is 17.0 Å². The van der Waals surface area contributed by atoms with Crippen LogP contribution in [0.25, 0.3) is 0 Å². The van der Waals surface area contributed by atoms with Gasteiger partial charge in [-0.2, -0.15) is 0 Å². The Bertz CT molecular complexity index is 559. The number of hydrogen-bond donors (Lipinski definition) is 0. The summed E-state index contributed by atoms with van der Waals surface area (Å²) in [6.45, 7) is 1.84. The summed E-state index contributed by atoms with van der Waals surface area (Å²) in [5.74, 6) is 0. The molecule has 0 aromatic heterocycles. The molecule has 3 nitrogen and oxygen atoms in total. The smallest absolute Gasteiger partial charge is 0.258 e. The van der Waals surface area contributed by atoms with E-state index in [1.807, 2.05) is 37.3 Å². The molecular formula is C14H12ClNO2. The monoisotopic (exact) mass is 261 g/mol. The molecule has 0 heterocycles. The average Bonchev–Trinajstić information content (AvgIpc) is 2.34. The molecule has 0 atom stereocenters. The first-order valence-corrected chi connectivity index (χ1v) is 5.93. The highest BCUT2D eigenvalue weighted by molar-refractivity contribution is 6.31. The zero-order valence-corrected chi connectivity index (χ0v) is 10.6. The minimum absolute atomic E-state index is 0.0364. The number of nitro benzene ring substituents is 1. The highest BCUT2D eigenvalue weighted by Crippen LogP contribution is 2.28. The highest BCUT2D eigenvalue weighted by Gasteiger charge is 2.13. The van der Waals surface area contributed by atoms with Crippen molar-refractivity contribution in [3.8, 4) is 0 Å². The van der Waals surface area contributed by atoms with Gasteiger partial charge in [0.2, 0.25) is 0 Å². The Morgan fingerprint density at radius 3 is 2.44 bits per heavy atom. The number of nitro groups is 1. The normalized spacial score (nSPS) is 10.3. The molecule has 0 saturated heterocycles. The van der Waals surface area contributed by atoms with Crippen LogP contribution in [0.4, 0.5) is 5.69 Å². The standard InChI is InChI=1S/C14H12ClNO2/c1-10-7-12(16(17)18)9-14(15)13(10)8-11-5-3-2-4-6-11/h2-7,9H,8H2,1H3. The molecule has 0 N–H and O–H groups in total. The summed E-state index contributed by atoms with van der Waals surface area (Å²) < 4.78 is 0. The topological polar surface area (TPSA) is 43.1 Å². The summed E-state index contributed by atoms with van der Waals surface area (Å²) in [4.78, 5) is 10.3. The molecule has 4 heteroatoms. The van der Waals surface area contributed by atoms with Crippen LogP contribution in [-0.4, -0.2) is 4.92 Å². The van der Waals surface area contributed by atoms with Gasteiger partial charge in [-0.05, 0) is 30.0 Å². The van der Waals surface area contributed by atoms with Crippen molar-refractivity contribution >= 4 is 17.3 Å². The van der Waals surface area contributed by atoms with Crippen molar-refractivity contribution in [1.29, 1.82) is 0 Å². The quantitative estimate of drug-likeness (QED) is 0.615. The number of nitrogens with zero attached hydrogens (tertiary/aromatic N) is 1. The van der Waals surface area contributed by atoms with Gasteiger partial charge in [0.25, 0.3) is 5.69 Å². The van der Waals surface area contributed by atoms with Gasteiger partial charge in [-0.15, -0.1) is 0 Å². The lowest BCUT2D eigenvalue weighted by Crippen LogP contribution is -1.96. The Kier molecular flexibility index (Phi) is 3.63. The van der Waals surface area contributed by atoms with E-state index in [0.717, 1.165) is 16.7 Å². The van der Waals surface area contributed by atoms with Crippen LogP contribution in [0.3, 0.4) is 0 Å². The predicted molar refractivity (Wildman–Crippen MR) is 72.1 cm³/mol. The number of non-ortho nitro benzene ring substituents is 1. The maximum absolute atomic E-state index is 10.7. The predicted octanol–water partition coefficient (Wildman–Crippen LogP) is 4.15. The number of aryl methyl sites for hydroxylation is 1. The van der Waals surface area contributed by atoms with Crippen molar-refractivity contribution in [1.82, 2.24) is 0 Å². The first-order chi connectivity index (χ1) is 8.58. The molecule has 2 aromatic carbocycles. The molecule has 2 aromatic rings. The van der Waals surface area contributed by atoms with Crippen molar-refractivity contribution < 1.29 is 4.92 Å². The van der Waals surface area contributed by atoms with Gasteiger partial charge in [-0.1, -0.05) is 41.9 Å². The molecule has 0 saturated carbocycles. The first-order valence-electron chi connectivity index (χ1n) is 5.55. The highest BCUT2D eigenvalue weighted by atomic mass is 35.5. The molecule has 2 rings (SSSR count). The van der Waals surface area contributed by atoms with Gasteiger partial charge in [-0.3, -0.25) is 10.1 Å². The summed E-state index contributed by atoms with van der Waals surface area (Å²) in [7, 11) is 0. The number of halogens is 1. The van der Waals surface area contributed by atoms with E-state index in [2.05, 4.69) is 0 Å².